The summed E-state index contributed by atoms with van der Waals surface area (Å²) in [6.07, 6.45) is 1.20. The Kier molecular flexibility index (Phi) is 4.07. The minimum Gasteiger partial charge on any atom is -0.448 e. The molecule has 0 bridgehead atoms. The number of nitrogens with zero attached hydrogens (tertiary/aromatic N) is 3. The van der Waals surface area contributed by atoms with E-state index in [2.05, 4.69) is 10.3 Å². The number of amides is 1. The van der Waals surface area contributed by atoms with Crippen LogP contribution in [0, 0.1) is 15.9 Å². The predicted molar refractivity (Wildman–Crippen MR) is 97.5 cm³/mol. The van der Waals surface area contributed by atoms with Crippen LogP contribution in [0.1, 0.15) is 0 Å². The largest absolute Gasteiger partial charge is 0.448 e. The molecule has 0 unspecified atom stereocenters. The fraction of sp³-hybridized carbons (Fsp3) is 0.0556. The highest BCUT2D eigenvalue weighted by molar-refractivity contribution is 6.01. The van der Waals surface area contributed by atoms with Gasteiger partial charge in [-0.25, -0.2) is 9.37 Å². The number of para-hydroxylation sites is 1. The van der Waals surface area contributed by atoms with Gasteiger partial charge in [0.2, 0.25) is 11.5 Å². The Labute approximate surface area is 155 Å². The summed E-state index contributed by atoms with van der Waals surface area (Å²) in [6.45, 7) is -0.451. The fourth-order valence-corrected chi connectivity index (χ4v) is 2.83. The van der Waals surface area contributed by atoms with E-state index in [4.69, 9.17) is 4.42 Å². The van der Waals surface area contributed by atoms with Crippen LogP contribution in [0.3, 0.4) is 0 Å². The van der Waals surface area contributed by atoms with Crippen LogP contribution in [0.25, 0.3) is 22.1 Å². The second-order valence-electron chi connectivity index (χ2n) is 5.92. The lowest BCUT2D eigenvalue weighted by Crippen LogP contribution is -2.27. The molecule has 0 aliphatic heterocycles. The lowest BCUT2D eigenvalue weighted by Gasteiger charge is -2.07. The van der Waals surface area contributed by atoms with Gasteiger partial charge in [0.05, 0.1) is 17.3 Å². The van der Waals surface area contributed by atoms with E-state index in [1.807, 2.05) is 0 Å². The minimum absolute atomic E-state index is 0.00395. The minimum atomic E-state index is -0.813. The molecule has 0 aliphatic rings. The molecular weight excluding hydrogens is 371 g/mol. The highest BCUT2D eigenvalue weighted by Crippen LogP contribution is 2.25. The van der Waals surface area contributed by atoms with E-state index in [0.717, 1.165) is 16.7 Å². The van der Waals surface area contributed by atoms with E-state index in [0.29, 0.717) is 22.6 Å². The molecular formula is C18H11FN4O5. The number of hydrogen-bond acceptors (Lipinski definition) is 6. The molecule has 4 aromatic rings. The lowest BCUT2D eigenvalue weighted by atomic mass is 10.2. The molecule has 10 heteroatoms. The lowest BCUT2D eigenvalue weighted by molar-refractivity contribution is -0.384. The third-order valence-corrected chi connectivity index (χ3v) is 4.10. The number of nitrogens with one attached hydrogen (secondary N) is 1. The van der Waals surface area contributed by atoms with Gasteiger partial charge < -0.3 is 9.73 Å². The van der Waals surface area contributed by atoms with Crippen molar-refractivity contribution in [3.8, 4) is 0 Å². The standard InChI is InChI=1S/C18H11FN4O5/c19-10-5-6-12(13(7-10)23(26)27)21-15(24)8-22-9-20-16-11-3-1-2-4-14(11)28-17(16)18(22)25/h1-7,9H,8H2,(H,21,24). The van der Waals surface area contributed by atoms with Gasteiger partial charge in [-0.2, -0.15) is 0 Å². The number of aromatic nitrogens is 2. The third kappa shape index (κ3) is 2.96. The van der Waals surface area contributed by atoms with E-state index in [-0.39, 0.29) is 11.3 Å². The molecule has 9 nitrogen and oxygen atoms in total. The smallest absolute Gasteiger partial charge is 0.297 e. The summed E-state index contributed by atoms with van der Waals surface area (Å²) < 4.78 is 19.8. The number of fused-ring (bicyclic) bond motifs is 3. The molecule has 28 heavy (non-hydrogen) atoms. The third-order valence-electron chi connectivity index (χ3n) is 4.10. The van der Waals surface area contributed by atoms with Crippen molar-refractivity contribution >= 4 is 39.4 Å². The van der Waals surface area contributed by atoms with Gasteiger partial charge in [0, 0.05) is 5.39 Å². The van der Waals surface area contributed by atoms with Crippen molar-refractivity contribution < 1.29 is 18.5 Å². The predicted octanol–water partition coefficient (Wildman–Crippen LogP) is 2.83. The second kappa shape index (κ2) is 6.58. The maximum absolute atomic E-state index is 13.2. The fourth-order valence-electron chi connectivity index (χ4n) is 2.83. The summed E-state index contributed by atoms with van der Waals surface area (Å²) in [5.74, 6) is -1.52. The molecule has 140 valence electrons. The van der Waals surface area contributed by atoms with Crippen molar-refractivity contribution in [1.82, 2.24) is 9.55 Å². The zero-order valence-electron chi connectivity index (χ0n) is 14.1. The topological polar surface area (TPSA) is 120 Å². The Bertz CT molecular complexity index is 1310. The number of nitro groups is 1. The van der Waals surface area contributed by atoms with E-state index < -0.39 is 34.4 Å². The highest BCUT2D eigenvalue weighted by Gasteiger charge is 2.18. The first-order chi connectivity index (χ1) is 13.4. The maximum Gasteiger partial charge on any atom is 0.297 e. The molecule has 4 rings (SSSR count). The highest BCUT2D eigenvalue weighted by atomic mass is 19.1. The van der Waals surface area contributed by atoms with Crippen molar-refractivity contribution in [2.75, 3.05) is 5.32 Å². The van der Waals surface area contributed by atoms with Gasteiger partial charge >= 0.3 is 0 Å². The maximum atomic E-state index is 13.2. The number of hydrogen-bond donors (Lipinski definition) is 1. The van der Waals surface area contributed by atoms with E-state index in [1.54, 1.807) is 24.3 Å². The van der Waals surface area contributed by atoms with Crippen molar-refractivity contribution in [3.05, 3.63) is 75.1 Å². The first kappa shape index (κ1) is 17.3. The number of carbonyl (C=O) groups is 1. The summed E-state index contributed by atoms with van der Waals surface area (Å²) >= 11 is 0. The Balaban J connectivity index is 1.64. The van der Waals surface area contributed by atoms with Gasteiger partial charge in [-0.3, -0.25) is 24.3 Å². The molecule has 0 fully saturated rings. The number of rotatable bonds is 4. The first-order valence-corrected chi connectivity index (χ1v) is 8.04. The number of anilines is 1. The molecule has 0 aliphatic carbocycles. The Morgan fingerprint density at radius 1 is 1.29 bits per heavy atom. The average molecular weight is 382 g/mol. The van der Waals surface area contributed by atoms with Crippen molar-refractivity contribution in [3.63, 3.8) is 0 Å². The summed E-state index contributed by atoms with van der Waals surface area (Å²) in [5.41, 5.74) is -0.458. The van der Waals surface area contributed by atoms with Crippen molar-refractivity contribution in [1.29, 1.82) is 0 Å². The van der Waals surface area contributed by atoms with Gasteiger partial charge in [-0.1, -0.05) is 12.1 Å². The van der Waals surface area contributed by atoms with E-state index >= 15 is 0 Å². The molecule has 0 saturated carbocycles. The van der Waals surface area contributed by atoms with Gasteiger partial charge in [-0.05, 0) is 24.3 Å². The van der Waals surface area contributed by atoms with Gasteiger partial charge in [0.15, 0.2) is 0 Å². The van der Waals surface area contributed by atoms with E-state index in [1.165, 1.54) is 6.33 Å². The quantitative estimate of drug-likeness (QED) is 0.428. The van der Waals surface area contributed by atoms with Crippen LogP contribution in [0.4, 0.5) is 15.8 Å². The molecule has 1 amide bonds. The molecule has 1 N–H and O–H groups in total. The van der Waals surface area contributed by atoms with Crippen LogP contribution >= 0.6 is 0 Å². The van der Waals surface area contributed by atoms with Gasteiger partial charge in [0.1, 0.15) is 29.1 Å². The molecule has 0 radical (unpaired) electrons. The normalized spacial score (nSPS) is 11.0. The Hall–Kier alpha value is -4.08. The number of nitro benzene ring substituents is 1. The van der Waals surface area contributed by atoms with Crippen LogP contribution in [-0.4, -0.2) is 20.4 Å². The number of halogens is 1. The Morgan fingerprint density at radius 3 is 2.86 bits per heavy atom. The zero-order valence-corrected chi connectivity index (χ0v) is 14.1. The number of benzene rings is 2. The Morgan fingerprint density at radius 2 is 2.07 bits per heavy atom. The average Bonchev–Trinajstić information content (AvgIpc) is 3.05. The molecule has 0 spiro atoms. The number of carbonyl (C=O) groups excluding carboxylic acids is 1. The molecule has 0 saturated heterocycles. The number of furan rings is 1. The SMILES string of the molecule is O=C(Cn1cnc2c(oc3ccccc32)c1=O)Nc1ccc(F)cc1[N+](=O)[O-]. The van der Waals surface area contributed by atoms with E-state index in [9.17, 15) is 24.1 Å². The zero-order chi connectivity index (χ0) is 19.8. The molecule has 2 aromatic carbocycles. The van der Waals surface area contributed by atoms with Gasteiger partial charge in [-0.15, -0.1) is 0 Å². The van der Waals surface area contributed by atoms with Crippen LogP contribution in [0.5, 0.6) is 0 Å². The summed E-state index contributed by atoms with van der Waals surface area (Å²) in [4.78, 5) is 39.2. The molecule has 2 heterocycles. The van der Waals surface area contributed by atoms with Crippen LogP contribution in [-0.2, 0) is 11.3 Å². The summed E-state index contributed by atoms with van der Waals surface area (Å²) in [7, 11) is 0. The summed E-state index contributed by atoms with van der Waals surface area (Å²) in [5, 5.41) is 14.0. The first-order valence-electron chi connectivity index (χ1n) is 8.04. The van der Waals surface area contributed by atoms with Crippen LogP contribution < -0.4 is 10.9 Å². The molecule has 0 atom stereocenters. The van der Waals surface area contributed by atoms with Crippen LogP contribution in [0.15, 0.2) is 58.0 Å². The van der Waals surface area contributed by atoms with Crippen molar-refractivity contribution in [2.24, 2.45) is 0 Å². The molecule has 2 aromatic heterocycles. The van der Waals surface area contributed by atoms with Crippen molar-refractivity contribution in [2.45, 2.75) is 6.54 Å². The van der Waals surface area contributed by atoms with Gasteiger partial charge in [0.25, 0.3) is 11.2 Å². The monoisotopic (exact) mass is 382 g/mol. The summed E-state index contributed by atoms with van der Waals surface area (Å²) in [6, 6.07) is 9.76. The second-order valence-corrected chi connectivity index (χ2v) is 5.92. The van der Waals surface area contributed by atoms with Crippen LogP contribution in [0.2, 0.25) is 0 Å².